The topological polar surface area (TPSA) is 20.2 Å². The van der Waals surface area contributed by atoms with Crippen molar-refractivity contribution in [2.45, 2.75) is 6.67 Å². The zero-order valence-electron chi connectivity index (χ0n) is 4.84. The fraction of sp³-hybridized carbons (Fsp3) is 0.143. The highest BCUT2D eigenvalue weighted by molar-refractivity contribution is 5.26. The Labute approximate surface area is 52.8 Å². The van der Waals surface area contributed by atoms with E-state index in [0.717, 1.165) is 0 Å². The van der Waals surface area contributed by atoms with Crippen molar-refractivity contribution in [1.29, 1.82) is 0 Å². The first-order valence-corrected chi connectivity index (χ1v) is 2.67. The lowest BCUT2D eigenvalue weighted by molar-refractivity contribution is 0.463. The van der Waals surface area contributed by atoms with Gasteiger partial charge in [0.2, 0.25) is 0 Å². The summed E-state index contributed by atoms with van der Waals surface area (Å²) in [5.41, 5.74) is 0.509. The second kappa shape index (κ2) is 2.49. The number of hydrogen-bond donors (Lipinski definition) is 1. The summed E-state index contributed by atoms with van der Waals surface area (Å²) in [6.07, 6.45) is 0. The number of alkyl halides is 1. The molecule has 0 aromatic heterocycles. The van der Waals surface area contributed by atoms with Gasteiger partial charge in [0.1, 0.15) is 12.4 Å². The van der Waals surface area contributed by atoms with Gasteiger partial charge in [-0.2, -0.15) is 0 Å². The minimum atomic E-state index is -0.519. The van der Waals surface area contributed by atoms with Crippen LogP contribution in [0.25, 0.3) is 0 Å². The van der Waals surface area contributed by atoms with Gasteiger partial charge in [-0.15, -0.1) is 0 Å². The third-order valence-electron chi connectivity index (χ3n) is 1.06. The summed E-state index contributed by atoms with van der Waals surface area (Å²) < 4.78 is 11.8. The molecule has 0 radical (unpaired) electrons. The summed E-state index contributed by atoms with van der Waals surface area (Å²) in [7, 11) is 0. The van der Waals surface area contributed by atoms with Crippen molar-refractivity contribution in [3.63, 3.8) is 0 Å². The van der Waals surface area contributed by atoms with Crippen molar-refractivity contribution in [1.82, 2.24) is 0 Å². The average molecular weight is 126 g/mol. The molecule has 0 aliphatic heterocycles. The van der Waals surface area contributed by atoms with Crippen LogP contribution in [-0.4, -0.2) is 5.11 Å². The molecule has 9 heavy (non-hydrogen) atoms. The number of halogens is 1. The molecule has 0 saturated heterocycles. The van der Waals surface area contributed by atoms with E-state index >= 15 is 0 Å². The van der Waals surface area contributed by atoms with Crippen molar-refractivity contribution in [2.24, 2.45) is 0 Å². The molecule has 1 rings (SSSR count). The van der Waals surface area contributed by atoms with Gasteiger partial charge in [-0.1, -0.05) is 12.1 Å². The van der Waals surface area contributed by atoms with Gasteiger partial charge in [0.15, 0.2) is 0 Å². The highest BCUT2D eigenvalue weighted by Crippen LogP contribution is 2.10. The Balaban J connectivity index is 2.94. The Hall–Kier alpha value is -1.05. The van der Waals surface area contributed by atoms with Gasteiger partial charge >= 0.3 is 0 Å². The summed E-state index contributed by atoms with van der Waals surface area (Å²) in [5.74, 6) is 0.116. The maximum Gasteiger partial charge on any atom is 0.115 e. The molecule has 1 aromatic carbocycles. The number of phenolic OH excluding ortho intramolecular Hbond substituents is 1. The lowest BCUT2D eigenvalue weighted by atomic mass is 10.2. The minimum absolute atomic E-state index is 0.116. The SMILES string of the molecule is Oc1cccc(CF)c1. The number of hydrogen-bond acceptors (Lipinski definition) is 1. The van der Waals surface area contributed by atoms with Gasteiger partial charge in [0, 0.05) is 0 Å². The highest BCUT2D eigenvalue weighted by Gasteiger charge is 1.90. The molecule has 1 nitrogen and oxygen atoms in total. The first kappa shape index (κ1) is 6.08. The molecule has 1 N–H and O–H groups in total. The van der Waals surface area contributed by atoms with Crippen LogP contribution in [0.1, 0.15) is 5.56 Å². The highest BCUT2D eigenvalue weighted by atomic mass is 19.1. The van der Waals surface area contributed by atoms with Crippen molar-refractivity contribution in [3.8, 4) is 5.75 Å². The van der Waals surface area contributed by atoms with Crippen molar-refractivity contribution in [2.75, 3.05) is 0 Å². The molecule has 0 aliphatic carbocycles. The molecule has 48 valence electrons. The maximum atomic E-state index is 11.8. The van der Waals surface area contributed by atoms with Crippen LogP contribution < -0.4 is 0 Å². The van der Waals surface area contributed by atoms with E-state index in [1.807, 2.05) is 0 Å². The van der Waals surface area contributed by atoms with Crippen LogP contribution in [0.3, 0.4) is 0 Å². The van der Waals surface area contributed by atoms with E-state index in [1.165, 1.54) is 12.1 Å². The van der Waals surface area contributed by atoms with Crippen molar-refractivity contribution < 1.29 is 9.50 Å². The standard InChI is InChI=1S/C7H7FO/c8-5-6-2-1-3-7(9)4-6/h1-4,9H,5H2. The predicted octanol–water partition coefficient (Wildman–Crippen LogP) is 1.86. The molecule has 0 fully saturated rings. The molecular formula is C7H7FO. The minimum Gasteiger partial charge on any atom is -0.508 e. The molecular weight excluding hydrogens is 119 g/mol. The van der Waals surface area contributed by atoms with Crippen LogP contribution in [0.5, 0.6) is 5.75 Å². The number of benzene rings is 1. The molecule has 0 saturated carbocycles. The lowest BCUT2D eigenvalue weighted by Crippen LogP contribution is -1.74. The molecule has 1 aromatic rings. The quantitative estimate of drug-likeness (QED) is 0.609. The molecule has 2 heteroatoms. The lowest BCUT2D eigenvalue weighted by Gasteiger charge is -1.92. The van der Waals surface area contributed by atoms with Gasteiger partial charge in [0.05, 0.1) is 0 Å². The van der Waals surface area contributed by atoms with E-state index in [-0.39, 0.29) is 5.75 Å². The average Bonchev–Trinajstić information content (AvgIpc) is 1.88. The maximum absolute atomic E-state index is 11.8. The monoisotopic (exact) mass is 126 g/mol. The second-order valence-electron chi connectivity index (χ2n) is 1.80. The predicted molar refractivity (Wildman–Crippen MR) is 32.9 cm³/mol. The van der Waals surface area contributed by atoms with Gasteiger partial charge in [-0.05, 0) is 17.7 Å². The summed E-state index contributed by atoms with van der Waals surface area (Å²) >= 11 is 0. The zero-order valence-corrected chi connectivity index (χ0v) is 4.84. The largest absolute Gasteiger partial charge is 0.508 e. The van der Waals surface area contributed by atoms with Crippen molar-refractivity contribution in [3.05, 3.63) is 29.8 Å². The second-order valence-corrected chi connectivity index (χ2v) is 1.80. The van der Waals surface area contributed by atoms with Gasteiger partial charge in [0.25, 0.3) is 0 Å². The van der Waals surface area contributed by atoms with E-state index in [9.17, 15) is 4.39 Å². The van der Waals surface area contributed by atoms with E-state index < -0.39 is 6.67 Å². The van der Waals surface area contributed by atoms with Crippen LogP contribution in [0.2, 0.25) is 0 Å². The van der Waals surface area contributed by atoms with Crippen molar-refractivity contribution >= 4 is 0 Å². The van der Waals surface area contributed by atoms with E-state index in [4.69, 9.17) is 5.11 Å². The summed E-state index contributed by atoms with van der Waals surface area (Å²) in [5, 5.41) is 8.78. The first-order valence-electron chi connectivity index (χ1n) is 2.67. The Morgan fingerprint density at radius 2 is 2.22 bits per heavy atom. The van der Waals surface area contributed by atoms with Crippen LogP contribution in [0, 0.1) is 0 Å². The smallest absolute Gasteiger partial charge is 0.115 e. The van der Waals surface area contributed by atoms with Crippen LogP contribution in [0.4, 0.5) is 4.39 Å². The molecule has 0 heterocycles. The number of aromatic hydroxyl groups is 1. The molecule has 0 aliphatic rings. The molecule has 0 atom stereocenters. The Morgan fingerprint density at radius 1 is 1.44 bits per heavy atom. The van der Waals surface area contributed by atoms with Gasteiger partial charge in [-0.3, -0.25) is 0 Å². The summed E-state index contributed by atoms with van der Waals surface area (Å²) in [6.45, 7) is -0.519. The van der Waals surface area contributed by atoms with Crippen LogP contribution in [0.15, 0.2) is 24.3 Å². The van der Waals surface area contributed by atoms with Gasteiger partial charge < -0.3 is 5.11 Å². The number of phenols is 1. The Morgan fingerprint density at radius 3 is 2.67 bits per heavy atom. The first-order chi connectivity index (χ1) is 4.33. The van der Waals surface area contributed by atoms with E-state index in [1.54, 1.807) is 12.1 Å². The molecule has 0 bridgehead atoms. The van der Waals surface area contributed by atoms with E-state index in [2.05, 4.69) is 0 Å². The van der Waals surface area contributed by atoms with E-state index in [0.29, 0.717) is 5.56 Å². The fourth-order valence-corrected chi connectivity index (χ4v) is 0.640. The molecule has 0 amide bonds. The Kier molecular flexibility index (Phi) is 1.68. The third-order valence-corrected chi connectivity index (χ3v) is 1.06. The summed E-state index contributed by atoms with van der Waals surface area (Å²) in [4.78, 5) is 0. The molecule has 0 spiro atoms. The van der Waals surface area contributed by atoms with Crippen LogP contribution >= 0.6 is 0 Å². The van der Waals surface area contributed by atoms with Gasteiger partial charge in [-0.25, -0.2) is 4.39 Å². The Bertz CT molecular complexity index is 198. The summed E-state index contributed by atoms with van der Waals surface area (Å²) in [6, 6.07) is 6.16. The number of rotatable bonds is 1. The van der Waals surface area contributed by atoms with Crippen LogP contribution in [-0.2, 0) is 6.67 Å². The third kappa shape index (κ3) is 1.42. The normalized spacial score (nSPS) is 9.44. The molecule has 0 unspecified atom stereocenters. The zero-order chi connectivity index (χ0) is 6.69. The fourth-order valence-electron chi connectivity index (χ4n) is 0.640.